The first-order valence-electron chi connectivity index (χ1n) is 5.67. The van der Waals surface area contributed by atoms with Crippen molar-refractivity contribution in [2.45, 2.75) is 6.54 Å². The molecule has 0 bridgehead atoms. The summed E-state index contributed by atoms with van der Waals surface area (Å²) in [4.78, 5) is 13.5. The van der Waals surface area contributed by atoms with Crippen LogP contribution < -0.4 is 11.3 Å². The van der Waals surface area contributed by atoms with E-state index in [1.54, 1.807) is 18.4 Å². The van der Waals surface area contributed by atoms with E-state index in [-0.39, 0.29) is 5.91 Å². The molecule has 0 saturated carbocycles. The number of nitrogens with zero attached hydrogens (tertiary/aromatic N) is 4. The zero-order valence-corrected chi connectivity index (χ0v) is 11.0. The van der Waals surface area contributed by atoms with Crippen LogP contribution >= 0.6 is 11.3 Å². The molecule has 0 radical (unpaired) electrons. The molecule has 1 amide bonds. The van der Waals surface area contributed by atoms with Crippen molar-refractivity contribution in [3.05, 3.63) is 40.3 Å². The van der Waals surface area contributed by atoms with Crippen LogP contribution in [0, 0.1) is 0 Å². The molecule has 0 atom stereocenters. The van der Waals surface area contributed by atoms with E-state index in [0.29, 0.717) is 23.0 Å². The molecule has 3 N–H and O–H groups in total. The van der Waals surface area contributed by atoms with Crippen molar-refractivity contribution in [1.82, 2.24) is 25.6 Å². The van der Waals surface area contributed by atoms with Crippen LogP contribution in [0.4, 0.5) is 0 Å². The van der Waals surface area contributed by atoms with Gasteiger partial charge in [0.1, 0.15) is 0 Å². The molecule has 0 aromatic carbocycles. The summed E-state index contributed by atoms with van der Waals surface area (Å²) >= 11 is 1.31. The highest BCUT2D eigenvalue weighted by atomic mass is 32.1. The second kappa shape index (κ2) is 5.23. The topological polar surface area (TPSA) is 112 Å². The Bertz CT molecular complexity index is 717. The maximum atomic E-state index is 11.6. The first-order chi connectivity index (χ1) is 9.78. The highest BCUT2D eigenvalue weighted by Gasteiger charge is 2.14. The maximum absolute atomic E-state index is 11.6. The van der Waals surface area contributed by atoms with Gasteiger partial charge in [-0.25, -0.2) is 5.84 Å². The molecule has 0 aliphatic rings. The van der Waals surface area contributed by atoms with Gasteiger partial charge >= 0.3 is 0 Å². The number of carbonyl (C=O) groups is 1. The average molecular weight is 290 g/mol. The number of furan rings is 1. The third-order valence-electron chi connectivity index (χ3n) is 2.59. The summed E-state index contributed by atoms with van der Waals surface area (Å²) in [6, 6.07) is 5.32. The third-order valence-corrected chi connectivity index (χ3v) is 3.55. The van der Waals surface area contributed by atoms with Crippen molar-refractivity contribution < 1.29 is 9.21 Å². The van der Waals surface area contributed by atoms with Gasteiger partial charge < -0.3 is 4.42 Å². The number of aromatic nitrogens is 4. The Hall–Kier alpha value is -2.52. The van der Waals surface area contributed by atoms with Crippen LogP contribution in [-0.4, -0.2) is 26.1 Å². The number of thiophene rings is 1. The average Bonchev–Trinajstić information content (AvgIpc) is 3.19. The van der Waals surface area contributed by atoms with Crippen LogP contribution in [0.3, 0.4) is 0 Å². The lowest BCUT2D eigenvalue weighted by Gasteiger charge is -2.01. The summed E-state index contributed by atoms with van der Waals surface area (Å²) in [7, 11) is 0. The Morgan fingerprint density at radius 1 is 1.50 bits per heavy atom. The number of carbonyl (C=O) groups excluding carboxylic acids is 1. The van der Waals surface area contributed by atoms with E-state index < -0.39 is 0 Å². The number of hydrogen-bond donors (Lipinski definition) is 2. The molecule has 0 aliphatic carbocycles. The monoisotopic (exact) mass is 290 g/mol. The molecule has 0 saturated heterocycles. The molecular formula is C11H10N6O2S. The van der Waals surface area contributed by atoms with Gasteiger partial charge in [0.2, 0.25) is 5.82 Å². The standard InChI is InChI=1S/C11H10N6O2S/c12-13-11(18)9-7(3-5-20-9)6-17-15-10(14-16-17)8-2-1-4-19-8/h1-5H,6,12H2,(H,13,18). The number of amides is 1. The summed E-state index contributed by atoms with van der Waals surface area (Å²) in [6.07, 6.45) is 1.54. The van der Waals surface area contributed by atoms with Crippen LogP contribution in [0.25, 0.3) is 11.6 Å². The van der Waals surface area contributed by atoms with E-state index in [0.717, 1.165) is 5.56 Å². The van der Waals surface area contributed by atoms with Crippen LogP contribution in [0.2, 0.25) is 0 Å². The minimum Gasteiger partial charge on any atom is -0.461 e. The Morgan fingerprint density at radius 3 is 3.15 bits per heavy atom. The van der Waals surface area contributed by atoms with Crippen LogP contribution in [0.1, 0.15) is 15.2 Å². The molecule has 3 heterocycles. The predicted molar refractivity (Wildman–Crippen MR) is 70.6 cm³/mol. The van der Waals surface area contributed by atoms with E-state index in [1.807, 2.05) is 11.4 Å². The summed E-state index contributed by atoms with van der Waals surface area (Å²) < 4.78 is 5.19. The smallest absolute Gasteiger partial charge is 0.275 e. The molecule has 0 fully saturated rings. The molecule has 20 heavy (non-hydrogen) atoms. The van der Waals surface area contributed by atoms with Gasteiger partial charge in [-0.15, -0.1) is 21.5 Å². The largest absolute Gasteiger partial charge is 0.461 e. The zero-order chi connectivity index (χ0) is 13.9. The quantitative estimate of drug-likeness (QED) is 0.414. The summed E-state index contributed by atoms with van der Waals surface area (Å²) in [5.74, 6) is 5.75. The van der Waals surface area contributed by atoms with Gasteiger partial charge in [0.15, 0.2) is 5.76 Å². The maximum Gasteiger partial charge on any atom is 0.275 e. The van der Waals surface area contributed by atoms with Crippen molar-refractivity contribution in [2.75, 3.05) is 0 Å². The number of nitrogens with two attached hydrogens (primary N) is 1. The highest BCUT2D eigenvalue weighted by Crippen LogP contribution is 2.18. The molecular weight excluding hydrogens is 280 g/mol. The zero-order valence-electron chi connectivity index (χ0n) is 10.2. The van der Waals surface area contributed by atoms with Gasteiger partial charge in [-0.3, -0.25) is 10.2 Å². The van der Waals surface area contributed by atoms with Crippen molar-refractivity contribution in [1.29, 1.82) is 0 Å². The van der Waals surface area contributed by atoms with Crippen molar-refractivity contribution in [3.8, 4) is 11.6 Å². The highest BCUT2D eigenvalue weighted by molar-refractivity contribution is 7.12. The molecule has 3 aromatic rings. The molecule has 0 spiro atoms. The number of tetrazole rings is 1. The van der Waals surface area contributed by atoms with Gasteiger partial charge in [-0.2, -0.15) is 4.80 Å². The van der Waals surface area contributed by atoms with Crippen molar-refractivity contribution in [2.24, 2.45) is 5.84 Å². The molecule has 9 heteroatoms. The van der Waals surface area contributed by atoms with E-state index in [9.17, 15) is 4.79 Å². The fourth-order valence-corrected chi connectivity index (χ4v) is 2.51. The Morgan fingerprint density at radius 2 is 2.40 bits per heavy atom. The number of hydrogen-bond acceptors (Lipinski definition) is 7. The van der Waals surface area contributed by atoms with Crippen molar-refractivity contribution in [3.63, 3.8) is 0 Å². The van der Waals surface area contributed by atoms with Crippen LogP contribution in [-0.2, 0) is 6.54 Å². The van der Waals surface area contributed by atoms with E-state index in [2.05, 4.69) is 20.8 Å². The molecule has 0 unspecified atom stereocenters. The normalized spacial score (nSPS) is 10.7. The Balaban J connectivity index is 1.82. The summed E-state index contributed by atoms with van der Waals surface area (Å²) in [5, 5.41) is 13.8. The summed E-state index contributed by atoms with van der Waals surface area (Å²) in [5.41, 5.74) is 2.89. The first kappa shape index (κ1) is 12.5. The lowest BCUT2D eigenvalue weighted by molar-refractivity contribution is 0.0956. The van der Waals surface area contributed by atoms with Crippen LogP contribution in [0.5, 0.6) is 0 Å². The number of nitrogens with one attached hydrogen (secondary N) is 1. The van der Waals surface area contributed by atoms with Gasteiger partial charge in [0.25, 0.3) is 5.91 Å². The molecule has 102 valence electrons. The van der Waals surface area contributed by atoms with E-state index in [1.165, 1.54) is 16.1 Å². The van der Waals surface area contributed by atoms with Crippen LogP contribution in [0.15, 0.2) is 34.3 Å². The van der Waals surface area contributed by atoms with Crippen molar-refractivity contribution >= 4 is 17.2 Å². The number of nitrogen functional groups attached to an aromatic ring is 1. The minimum atomic E-state index is -0.332. The van der Waals surface area contributed by atoms with E-state index in [4.69, 9.17) is 10.3 Å². The molecule has 8 nitrogen and oxygen atoms in total. The fraction of sp³-hybridized carbons (Fsp3) is 0.0909. The number of hydrazine groups is 1. The fourth-order valence-electron chi connectivity index (χ4n) is 1.69. The number of rotatable bonds is 4. The van der Waals surface area contributed by atoms with Gasteiger partial charge in [-0.1, -0.05) is 0 Å². The Labute approximate surface area is 117 Å². The Kier molecular flexibility index (Phi) is 3.27. The summed E-state index contributed by atoms with van der Waals surface area (Å²) in [6.45, 7) is 0.333. The SMILES string of the molecule is NNC(=O)c1sccc1Cn1nnc(-c2ccco2)n1. The second-order valence-corrected chi connectivity index (χ2v) is 4.79. The predicted octanol–water partition coefficient (Wildman–Crippen LogP) is 0.646. The van der Waals surface area contributed by atoms with Gasteiger partial charge in [0, 0.05) is 0 Å². The first-order valence-corrected chi connectivity index (χ1v) is 6.55. The molecule has 0 aliphatic heterocycles. The second-order valence-electron chi connectivity index (χ2n) is 3.87. The molecule has 3 rings (SSSR count). The van der Waals surface area contributed by atoms with Gasteiger partial charge in [-0.05, 0) is 34.4 Å². The molecule has 3 aromatic heterocycles. The lowest BCUT2D eigenvalue weighted by Crippen LogP contribution is -2.30. The third kappa shape index (κ3) is 2.31. The van der Waals surface area contributed by atoms with Gasteiger partial charge in [0.05, 0.1) is 17.7 Å². The minimum absolute atomic E-state index is 0.332. The van der Waals surface area contributed by atoms with E-state index >= 15 is 0 Å². The lowest BCUT2D eigenvalue weighted by atomic mass is 10.2.